The van der Waals surface area contributed by atoms with Crippen molar-refractivity contribution in [1.29, 1.82) is 0 Å². The Morgan fingerprint density at radius 2 is 2.20 bits per heavy atom. The van der Waals surface area contributed by atoms with E-state index in [1.807, 2.05) is 31.2 Å². The van der Waals surface area contributed by atoms with Gasteiger partial charge < -0.3 is 20.0 Å². The minimum Gasteiger partial charge on any atom is -0.441 e. The highest BCUT2D eigenvalue weighted by Crippen LogP contribution is 2.23. The fourth-order valence-electron chi connectivity index (χ4n) is 3.00. The Morgan fingerprint density at radius 1 is 1.36 bits per heavy atom. The van der Waals surface area contributed by atoms with Crippen molar-refractivity contribution >= 4 is 17.6 Å². The van der Waals surface area contributed by atoms with Gasteiger partial charge in [-0.3, -0.25) is 4.79 Å². The standard InChI is InChI=1S/C18H22N4O3/c1-12-10-20-17(25-12)13-5-3-7-15(9-13)21-18(24)22-8-4-6-14(11-22)16(23)19-2/h3,5,7,9-10,14H,4,6,8,11H2,1-2H3,(H,19,23)(H,21,24). The molecular weight excluding hydrogens is 320 g/mol. The average molecular weight is 342 g/mol. The predicted octanol–water partition coefficient (Wildman–Crippen LogP) is 2.64. The SMILES string of the molecule is CNC(=O)C1CCCN(C(=O)Nc2cccc(-c3ncc(C)o3)c2)C1. The number of urea groups is 1. The fraction of sp³-hybridized carbons (Fsp3) is 0.389. The van der Waals surface area contributed by atoms with Crippen LogP contribution in [0.4, 0.5) is 10.5 Å². The number of likely N-dealkylation sites (tertiary alicyclic amines) is 1. The summed E-state index contributed by atoms with van der Waals surface area (Å²) in [6.07, 6.45) is 3.29. The molecule has 1 fully saturated rings. The lowest BCUT2D eigenvalue weighted by Crippen LogP contribution is -2.46. The zero-order chi connectivity index (χ0) is 17.8. The van der Waals surface area contributed by atoms with Crippen LogP contribution in [0.3, 0.4) is 0 Å². The maximum atomic E-state index is 12.5. The highest BCUT2D eigenvalue weighted by Gasteiger charge is 2.27. The van der Waals surface area contributed by atoms with Gasteiger partial charge in [-0.05, 0) is 38.0 Å². The van der Waals surface area contributed by atoms with Crippen LogP contribution in [0.25, 0.3) is 11.5 Å². The predicted molar refractivity (Wildman–Crippen MR) is 94.1 cm³/mol. The molecule has 1 aliphatic rings. The first-order valence-corrected chi connectivity index (χ1v) is 8.37. The molecule has 3 amide bonds. The molecule has 0 spiro atoms. The highest BCUT2D eigenvalue weighted by atomic mass is 16.4. The van der Waals surface area contributed by atoms with Crippen LogP contribution in [-0.2, 0) is 4.79 Å². The second-order valence-corrected chi connectivity index (χ2v) is 6.19. The van der Waals surface area contributed by atoms with Gasteiger partial charge in [0.15, 0.2) is 0 Å². The van der Waals surface area contributed by atoms with Gasteiger partial charge in [-0.25, -0.2) is 9.78 Å². The van der Waals surface area contributed by atoms with Crippen molar-refractivity contribution in [3.63, 3.8) is 0 Å². The molecule has 132 valence electrons. The maximum absolute atomic E-state index is 12.5. The molecule has 1 aromatic carbocycles. The maximum Gasteiger partial charge on any atom is 0.321 e. The van der Waals surface area contributed by atoms with E-state index >= 15 is 0 Å². The molecule has 0 radical (unpaired) electrons. The summed E-state index contributed by atoms with van der Waals surface area (Å²) in [5.41, 5.74) is 1.47. The van der Waals surface area contributed by atoms with Gasteiger partial charge in [-0.1, -0.05) is 6.07 Å². The summed E-state index contributed by atoms with van der Waals surface area (Å²) in [4.78, 5) is 30.2. The largest absolute Gasteiger partial charge is 0.441 e. The monoisotopic (exact) mass is 342 g/mol. The van der Waals surface area contributed by atoms with Crippen molar-refractivity contribution in [2.75, 3.05) is 25.5 Å². The number of piperidine rings is 1. The van der Waals surface area contributed by atoms with E-state index < -0.39 is 0 Å². The summed E-state index contributed by atoms with van der Waals surface area (Å²) in [6, 6.07) is 7.16. The number of hydrogen-bond donors (Lipinski definition) is 2. The molecule has 1 atom stereocenters. The fourth-order valence-corrected chi connectivity index (χ4v) is 3.00. The molecule has 1 saturated heterocycles. The van der Waals surface area contributed by atoms with Crippen molar-refractivity contribution in [3.8, 4) is 11.5 Å². The molecule has 3 rings (SSSR count). The first-order chi connectivity index (χ1) is 12.1. The van der Waals surface area contributed by atoms with Crippen LogP contribution in [0.1, 0.15) is 18.6 Å². The lowest BCUT2D eigenvalue weighted by atomic mass is 9.97. The van der Waals surface area contributed by atoms with E-state index in [0.717, 1.165) is 24.2 Å². The smallest absolute Gasteiger partial charge is 0.321 e. The number of nitrogens with one attached hydrogen (secondary N) is 2. The van der Waals surface area contributed by atoms with Crippen molar-refractivity contribution in [1.82, 2.24) is 15.2 Å². The van der Waals surface area contributed by atoms with Crippen LogP contribution in [0.2, 0.25) is 0 Å². The van der Waals surface area contributed by atoms with E-state index in [0.29, 0.717) is 24.7 Å². The van der Waals surface area contributed by atoms with Crippen LogP contribution in [0.5, 0.6) is 0 Å². The Bertz CT molecular complexity index is 771. The zero-order valence-electron chi connectivity index (χ0n) is 14.4. The van der Waals surface area contributed by atoms with Gasteiger partial charge in [0, 0.05) is 31.4 Å². The van der Waals surface area contributed by atoms with E-state index in [4.69, 9.17) is 4.42 Å². The normalized spacial score (nSPS) is 17.2. The molecular formula is C18H22N4O3. The molecule has 1 aliphatic heterocycles. The topological polar surface area (TPSA) is 87.5 Å². The Morgan fingerprint density at radius 3 is 2.92 bits per heavy atom. The minimum absolute atomic E-state index is 0.0150. The molecule has 25 heavy (non-hydrogen) atoms. The van der Waals surface area contributed by atoms with E-state index in [1.165, 1.54) is 0 Å². The number of rotatable bonds is 3. The van der Waals surface area contributed by atoms with Gasteiger partial charge in [0.2, 0.25) is 11.8 Å². The van der Waals surface area contributed by atoms with Gasteiger partial charge in [0.25, 0.3) is 0 Å². The molecule has 0 aliphatic carbocycles. The van der Waals surface area contributed by atoms with Crippen LogP contribution < -0.4 is 10.6 Å². The van der Waals surface area contributed by atoms with Gasteiger partial charge in [-0.2, -0.15) is 0 Å². The summed E-state index contributed by atoms with van der Waals surface area (Å²) in [5, 5.41) is 5.55. The van der Waals surface area contributed by atoms with Crippen molar-refractivity contribution in [2.24, 2.45) is 5.92 Å². The average Bonchev–Trinajstić information content (AvgIpc) is 3.08. The molecule has 2 heterocycles. The Kier molecular flexibility index (Phi) is 5.02. The van der Waals surface area contributed by atoms with Gasteiger partial charge in [0.1, 0.15) is 5.76 Å². The van der Waals surface area contributed by atoms with Crippen molar-refractivity contribution < 1.29 is 14.0 Å². The number of nitrogens with zero attached hydrogens (tertiary/aromatic N) is 2. The number of aryl methyl sites for hydroxylation is 1. The second kappa shape index (κ2) is 7.38. The molecule has 0 saturated carbocycles. The summed E-state index contributed by atoms with van der Waals surface area (Å²) >= 11 is 0. The number of oxazole rings is 1. The summed E-state index contributed by atoms with van der Waals surface area (Å²) in [7, 11) is 1.62. The first kappa shape index (κ1) is 17.0. The summed E-state index contributed by atoms with van der Waals surface area (Å²) in [6.45, 7) is 2.92. The van der Waals surface area contributed by atoms with Crippen LogP contribution in [0, 0.1) is 12.8 Å². The van der Waals surface area contributed by atoms with Crippen LogP contribution in [0.15, 0.2) is 34.9 Å². The number of hydrogen-bond acceptors (Lipinski definition) is 4. The Labute approximate surface area is 146 Å². The van der Waals surface area contributed by atoms with E-state index in [-0.39, 0.29) is 17.9 Å². The van der Waals surface area contributed by atoms with Crippen LogP contribution in [-0.4, -0.2) is 42.0 Å². The molecule has 0 bridgehead atoms. The Balaban J connectivity index is 1.67. The third-order valence-corrected chi connectivity index (χ3v) is 4.31. The second-order valence-electron chi connectivity index (χ2n) is 6.19. The summed E-state index contributed by atoms with van der Waals surface area (Å²) in [5.74, 6) is 1.09. The lowest BCUT2D eigenvalue weighted by molar-refractivity contribution is -0.125. The number of benzene rings is 1. The van der Waals surface area contributed by atoms with Gasteiger partial charge in [-0.15, -0.1) is 0 Å². The van der Waals surface area contributed by atoms with E-state index in [9.17, 15) is 9.59 Å². The Hall–Kier alpha value is -2.83. The number of amides is 3. The molecule has 1 aromatic heterocycles. The molecule has 2 aromatic rings. The van der Waals surface area contributed by atoms with Crippen LogP contribution >= 0.6 is 0 Å². The molecule has 7 heteroatoms. The van der Waals surface area contributed by atoms with Gasteiger partial charge >= 0.3 is 6.03 Å². The number of carbonyl (C=O) groups excluding carboxylic acids is 2. The van der Waals surface area contributed by atoms with Crippen molar-refractivity contribution in [3.05, 3.63) is 36.2 Å². The third kappa shape index (κ3) is 3.99. The van der Waals surface area contributed by atoms with E-state index in [2.05, 4.69) is 15.6 Å². The third-order valence-electron chi connectivity index (χ3n) is 4.31. The number of carbonyl (C=O) groups is 2. The van der Waals surface area contributed by atoms with Gasteiger partial charge in [0.05, 0.1) is 12.1 Å². The number of anilines is 1. The van der Waals surface area contributed by atoms with Crippen molar-refractivity contribution in [2.45, 2.75) is 19.8 Å². The highest BCUT2D eigenvalue weighted by molar-refractivity contribution is 5.90. The molecule has 1 unspecified atom stereocenters. The zero-order valence-corrected chi connectivity index (χ0v) is 14.4. The summed E-state index contributed by atoms with van der Waals surface area (Å²) < 4.78 is 5.52. The minimum atomic E-state index is -0.200. The molecule has 7 nitrogen and oxygen atoms in total. The van der Waals surface area contributed by atoms with E-state index in [1.54, 1.807) is 18.1 Å². The number of aromatic nitrogens is 1. The lowest BCUT2D eigenvalue weighted by Gasteiger charge is -2.31. The quantitative estimate of drug-likeness (QED) is 0.897. The molecule has 2 N–H and O–H groups in total. The first-order valence-electron chi connectivity index (χ1n) is 8.37.